The standard InChI is InChI=1S/C16H13F3O2/c1-9-6-12(17)7-10(2)14(9)15(20)11-4-3-5-13(8-11)21-16(18)19/h3-8,16H,1-2H3. The van der Waals surface area contributed by atoms with Crippen molar-refractivity contribution in [1.82, 2.24) is 0 Å². The van der Waals surface area contributed by atoms with Crippen molar-refractivity contribution < 1.29 is 22.7 Å². The molecule has 0 aliphatic rings. The maximum Gasteiger partial charge on any atom is 0.387 e. The van der Waals surface area contributed by atoms with Crippen LogP contribution in [0.2, 0.25) is 0 Å². The Balaban J connectivity index is 2.41. The molecule has 110 valence electrons. The van der Waals surface area contributed by atoms with Crippen LogP contribution >= 0.6 is 0 Å². The van der Waals surface area contributed by atoms with Crippen LogP contribution in [0.5, 0.6) is 5.75 Å². The average Bonchev–Trinajstić information content (AvgIpc) is 2.36. The molecule has 0 aromatic heterocycles. The summed E-state index contributed by atoms with van der Waals surface area (Å²) in [6, 6.07) is 8.07. The first-order chi connectivity index (χ1) is 9.88. The Morgan fingerprint density at radius 1 is 1.10 bits per heavy atom. The van der Waals surface area contributed by atoms with Gasteiger partial charge in [-0.25, -0.2) is 4.39 Å². The molecule has 2 nitrogen and oxygen atoms in total. The zero-order chi connectivity index (χ0) is 15.6. The summed E-state index contributed by atoms with van der Waals surface area (Å²) >= 11 is 0. The lowest BCUT2D eigenvalue weighted by Gasteiger charge is -2.10. The second-order valence-corrected chi connectivity index (χ2v) is 4.65. The van der Waals surface area contributed by atoms with Crippen molar-refractivity contribution >= 4 is 5.78 Å². The first kappa shape index (κ1) is 15.1. The highest BCUT2D eigenvalue weighted by atomic mass is 19.3. The van der Waals surface area contributed by atoms with E-state index in [4.69, 9.17) is 0 Å². The fraction of sp³-hybridized carbons (Fsp3) is 0.188. The van der Waals surface area contributed by atoms with E-state index in [2.05, 4.69) is 4.74 Å². The van der Waals surface area contributed by atoms with E-state index >= 15 is 0 Å². The number of aryl methyl sites for hydroxylation is 2. The molecule has 21 heavy (non-hydrogen) atoms. The Bertz CT molecular complexity index is 658. The van der Waals surface area contributed by atoms with Gasteiger partial charge in [0, 0.05) is 11.1 Å². The van der Waals surface area contributed by atoms with Gasteiger partial charge < -0.3 is 4.74 Å². The van der Waals surface area contributed by atoms with E-state index in [1.807, 2.05) is 0 Å². The molecule has 0 atom stereocenters. The summed E-state index contributed by atoms with van der Waals surface area (Å²) in [5.41, 5.74) is 1.58. The third-order valence-corrected chi connectivity index (χ3v) is 3.05. The van der Waals surface area contributed by atoms with E-state index in [-0.39, 0.29) is 17.1 Å². The third kappa shape index (κ3) is 3.42. The maximum atomic E-state index is 13.3. The third-order valence-electron chi connectivity index (χ3n) is 3.05. The first-order valence-electron chi connectivity index (χ1n) is 6.25. The molecule has 2 aromatic carbocycles. The van der Waals surface area contributed by atoms with Gasteiger partial charge in [-0.2, -0.15) is 8.78 Å². The van der Waals surface area contributed by atoms with E-state index < -0.39 is 12.4 Å². The predicted octanol–water partition coefficient (Wildman–Crippen LogP) is 4.27. The zero-order valence-corrected chi connectivity index (χ0v) is 11.5. The van der Waals surface area contributed by atoms with Gasteiger partial charge in [-0.1, -0.05) is 12.1 Å². The highest BCUT2D eigenvalue weighted by Gasteiger charge is 2.16. The van der Waals surface area contributed by atoms with Gasteiger partial charge in [0.2, 0.25) is 0 Å². The summed E-state index contributed by atoms with van der Waals surface area (Å²) in [5, 5.41) is 0. The second kappa shape index (κ2) is 5.99. The Labute approximate surface area is 120 Å². The summed E-state index contributed by atoms with van der Waals surface area (Å²) in [6.45, 7) is 0.302. The van der Waals surface area contributed by atoms with E-state index in [0.717, 1.165) is 0 Å². The average molecular weight is 294 g/mol. The van der Waals surface area contributed by atoms with Crippen molar-refractivity contribution in [2.75, 3.05) is 0 Å². The number of benzene rings is 2. The van der Waals surface area contributed by atoms with Crippen LogP contribution in [0, 0.1) is 19.7 Å². The number of ketones is 1. The highest BCUT2D eigenvalue weighted by molar-refractivity contribution is 6.11. The molecule has 0 bridgehead atoms. The molecule has 0 amide bonds. The van der Waals surface area contributed by atoms with Crippen LogP contribution in [0.3, 0.4) is 0 Å². The van der Waals surface area contributed by atoms with Crippen LogP contribution < -0.4 is 4.74 Å². The molecule has 0 aliphatic heterocycles. The number of carbonyl (C=O) groups is 1. The van der Waals surface area contributed by atoms with E-state index in [9.17, 15) is 18.0 Å². The van der Waals surface area contributed by atoms with Crippen LogP contribution in [0.1, 0.15) is 27.0 Å². The monoisotopic (exact) mass is 294 g/mol. The van der Waals surface area contributed by atoms with Crippen molar-refractivity contribution in [2.24, 2.45) is 0 Å². The molecule has 0 spiro atoms. The minimum absolute atomic E-state index is 0.0896. The summed E-state index contributed by atoms with van der Waals surface area (Å²) in [5.74, 6) is -0.866. The number of hydrogen-bond acceptors (Lipinski definition) is 2. The molecule has 0 saturated heterocycles. The smallest absolute Gasteiger partial charge is 0.387 e. The quantitative estimate of drug-likeness (QED) is 0.787. The molecule has 2 rings (SSSR count). The van der Waals surface area contributed by atoms with Crippen molar-refractivity contribution in [3.8, 4) is 5.75 Å². The molecular formula is C16H13F3O2. The molecule has 5 heteroatoms. The van der Waals surface area contributed by atoms with Gasteiger partial charge in [-0.05, 0) is 49.2 Å². The van der Waals surface area contributed by atoms with Crippen LogP contribution in [-0.4, -0.2) is 12.4 Å². The summed E-state index contributed by atoms with van der Waals surface area (Å²) in [7, 11) is 0. The maximum absolute atomic E-state index is 13.3. The minimum atomic E-state index is -2.95. The van der Waals surface area contributed by atoms with Crippen LogP contribution in [0.15, 0.2) is 36.4 Å². The molecule has 0 heterocycles. The Kier molecular flexibility index (Phi) is 4.31. The molecule has 0 aliphatic carbocycles. The topological polar surface area (TPSA) is 26.3 Å². The van der Waals surface area contributed by atoms with Crippen molar-refractivity contribution in [1.29, 1.82) is 0 Å². The first-order valence-corrected chi connectivity index (χ1v) is 6.25. The summed E-state index contributed by atoms with van der Waals surface area (Å²) < 4.78 is 41.9. The minimum Gasteiger partial charge on any atom is -0.435 e. The molecule has 0 fully saturated rings. The number of hydrogen-bond donors (Lipinski definition) is 0. The lowest BCUT2D eigenvalue weighted by atomic mass is 9.94. The van der Waals surface area contributed by atoms with Gasteiger partial charge in [0.25, 0.3) is 0 Å². The number of alkyl halides is 2. The van der Waals surface area contributed by atoms with Gasteiger partial charge >= 0.3 is 6.61 Å². The SMILES string of the molecule is Cc1cc(F)cc(C)c1C(=O)c1cccc(OC(F)F)c1. The van der Waals surface area contributed by atoms with E-state index in [1.165, 1.54) is 36.4 Å². The van der Waals surface area contributed by atoms with E-state index in [1.54, 1.807) is 13.8 Å². The van der Waals surface area contributed by atoms with Gasteiger partial charge in [-0.3, -0.25) is 4.79 Å². The number of carbonyl (C=O) groups excluding carboxylic acids is 1. The van der Waals surface area contributed by atoms with E-state index in [0.29, 0.717) is 16.7 Å². The number of halogens is 3. The highest BCUT2D eigenvalue weighted by Crippen LogP contribution is 2.23. The fourth-order valence-electron chi connectivity index (χ4n) is 2.23. The molecule has 0 radical (unpaired) electrons. The predicted molar refractivity (Wildman–Crippen MR) is 72.4 cm³/mol. The zero-order valence-electron chi connectivity index (χ0n) is 11.5. The van der Waals surface area contributed by atoms with Crippen molar-refractivity contribution in [3.05, 3.63) is 64.5 Å². The Morgan fingerprint density at radius 3 is 2.29 bits per heavy atom. The molecule has 2 aromatic rings. The van der Waals surface area contributed by atoms with Gasteiger partial charge in [0.15, 0.2) is 5.78 Å². The summed E-state index contributed by atoms with van der Waals surface area (Å²) in [6.07, 6.45) is 0. The van der Waals surface area contributed by atoms with Gasteiger partial charge in [-0.15, -0.1) is 0 Å². The van der Waals surface area contributed by atoms with Gasteiger partial charge in [0.05, 0.1) is 0 Å². The number of rotatable bonds is 4. The van der Waals surface area contributed by atoms with Crippen LogP contribution in [0.4, 0.5) is 13.2 Å². The van der Waals surface area contributed by atoms with Crippen LogP contribution in [-0.2, 0) is 0 Å². The Hall–Kier alpha value is -2.30. The second-order valence-electron chi connectivity index (χ2n) is 4.65. The van der Waals surface area contributed by atoms with Gasteiger partial charge in [0.1, 0.15) is 11.6 Å². The Morgan fingerprint density at radius 2 is 1.71 bits per heavy atom. The van der Waals surface area contributed by atoms with Crippen LogP contribution in [0.25, 0.3) is 0 Å². The molecule has 0 N–H and O–H groups in total. The largest absolute Gasteiger partial charge is 0.435 e. The lowest BCUT2D eigenvalue weighted by Crippen LogP contribution is -2.08. The van der Waals surface area contributed by atoms with Crippen molar-refractivity contribution in [2.45, 2.75) is 20.5 Å². The summed E-state index contributed by atoms with van der Waals surface area (Å²) in [4.78, 5) is 12.5. The normalized spacial score (nSPS) is 10.8. The molecule has 0 saturated carbocycles. The number of ether oxygens (including phenoxy) is 1. The lowest BCUT2D eigenvalue weighted by molar-refractivity contribution is -0.0498. The van der Waals surface area contributed by atoms with Crippen molar-refractivity contribution in [3.63, 3.8) is 0 Å². The molecule has 0 unspecified atom stereocenters. The fourth-order valence-corrected chi connectivity index (χ4v) is 2.23. The molecular weight excluding hydrogens is 281 g/mol.